The summed E-state index contributed by atoms with van der Waals surface area (Å²) in [6.45, 7) is 2.03. The molecule has 0 atom stereocenters. The number of carbonyl (C=O) groups excluding carboxylic acids is 1. The number of benzene rings is 2. The lowest BCUT2D eigenvalue weighted by Gasteiger charge is -2.05. The summed E-state index contributed by atoms with van der Waals surface area (Å²) >= 11 is 13.4. The SMILES string of the molecule is Cc1cccc(SCC(=O)c2cc(Cl)ccc2Cl)c1. The lowest BCUT2D eigenvalue weighted by molar-refractivity contribution is 0.102. The second-order valence-electron chi connectivity index (χ2n) is 4.15. The standard InChI is InChI=1S/C15H12Cl2OS/c1-10-3-2-4-12(7-10)19-9-15(18)13-8-11(16)5-6-14(13)17/h2-8H,9H2,1H3. The molecule has 2 rings (SSSR count). The van der Waals surface area contributed by atoms with Crippen molar-refractivity contribution >= 4 is 40.7 Å². The number of carbonyl (C=O) groups is 1. The number of ketones is 1. The molecule has 0 aliphatic heterocycles. The van der Waals surface area contributed by atoms with Crippen LogP contribution in [0.2, 0.25) is 10.0 Å². The van der Waals surface area contributed by atoms with Crippen molar-refractivity contribution in [3.8, 4) is 0 Å². The van der Waals surface area contributed by atoms with Gasteiger partial charge in [0.1, 0.15) is 0 Å². The summed E-state index contributed by atoms with van der Waals surface area (Å²) < 4.78 is 0. The van der Waals surface area contributed by atoms with Crippen molar-refractivity contribution < 1.29 is 4.79 Å². The molecule has 0 saturated carbocycles. The van der Waals surface area contributed by atoms with Crippen LogP contribution in [0.5, 0.6) is 0 Å². The number of rotatable bonds is 4. The molecule has 0 aromatic heterocycles. The number of hydrogen-bond acceptors (Lipinski definition) is 2. The van der Waals surface area contributed by atoms with E-state index in [1.54, 1.807) is 18.2 Å². The molecule has 2 aromatic carbocycles. The van der Waals surface area contributed by atoms with Crippen molar-refractivity contribution in [2.24, 2.45) is 0 Å². The summed E-state index contributed by atoms with van der Waals surface area (Å²) in [6.07, 6.45) is 0. The molecule has 98 valence electrons. The van der Waals surface area contributed by atoms with E-state index in [0.717, 1.165) is 4.90 Å². The van der Waals surface area contributed by atoms with Crippen LogP contribution in [0.25, 0.3) is 0 Å². The van der Waals surface area contributed by atoms with Crippen LogP contribution in [0.4, 0.5) is 0 Å². The van der Waals surface area contributed by atoms with Gasteiger partial charge in [-0.05, 0) is 37.3 Å². The fraction of sp³-hybridized carbons (Fsp3) is 0.133. The van der Waals surface area contributed by atoms with E-state index in [1.807, 2.05) is 25.1 Å². The summed E-state index contributed by atoms with van der Waals surface area (Å²) in [7, 11) is 0. The third-order valence-electron chi connectivity index (χ3n) is 2.59. The summed E-state index contributed by atoms with van der Waals surface area (Å²) in [5.41, 5.74) is 1.66. The summed E-state index contributed by atoms with van der Waals surface area (Å²) in [5, 5.41) is 0.965. The lowest BCUT2D eigenvalue weighted by atomic mass is 10.1. The van der Waals surface area contributed by atoms with Crippen molar-refractivity contribution in [1.29, 1.82) is 0 Å². The molecule has 0 unspecified atom stereocenters. The Hall–Kier alpha value is -0.960. The van der Waals surface area contributed by atoms with Crippen molar-refractivity contribution in [3.05, 3.63) is 63.6 Å². The Morgan fingerprint density at radius 2 is 1.95 bits per heavy atom. The molecule has 0 radical (unpaired) electrons. The highest BCUT2D eigenvalue weighted by atomic mass is 35.5. The lowest BCUT2D eigenvalue weighted by Crippen LogP contribution is -2.03. The fourth-order valence-corrected chi connectivity index (χ4v) is 2.94. The quantitative estimate of drug-likeness (QED) is 0.564. The molecule has 2 aromatic rings. The first-order valence-electron chi connectivity index (χ1n) is 5.74. The van der Waals surface area contributed by atoms with Gasteiger partial charge in [0, 0.05) is 15.5 Å². The van der Waals surface area contributed by atoms with Gasteiger partial charge < -0.3 is 0 Å². The Morgan fingerprint density at radius 3 is 2.68 bits per heavy atom. The molecule has 0 aliphatic rings. The maximum Gasteiger partial charge on any atom is 0.174 e. The molecule has 0 N–H and O–H groups in total. The van der Waals surface area contributed by atoms with Gasteiger partial charge in [0.15, 0.2) is 5.78 Å². The van der Waals surface area contributed by atoms with E-state index >= 15 is 0 Å². The third-order valence-corrected chi connectivity index (χ3v) is 4.15. The van der Waals surface area contributed by atoms with Crippen LogP contribution in [-0.2, 0) is 0 Å². The number of thioether (sulfide) groups is 1. The Kier molecular flexibility index (Phi) is 4.92. The minimum Gasteiger partial charge on any atom is -0.293 e. The Labute approximate surface area is 126 Å². The van der Waals surface area contributed by atoms with Crippen LogP contribution < -0.4 is 0 Å². The predicted molar refractivity (Wildman–Crippen MR) is 82.7 cm³/mol. The molecule has 0 fully saturated rings. The largest absolute Gasteiger partial charge is 0.293 e. The molecule has 0 bridgehead atoms. The van der Waals surface area contributed by atoms with Crippen molar-refractivity contribution in [2.45, 2.75) is 11.8 Å². The third kappa shape index (κ3) is 4.00. The molecular formula is C15H12Cl2OS. The van der Waals surface area contributed by atoms with Crippen LogP contribution in [0.15, 0.2) is 47.4 Å². The number of aryl methyl sites for hydroxylation is 1. The first kappa shape index (κ1) is 14.4. The Morgan fingerprint density at radius 1 is 1.16 bits per heavy atom. The van der Waals surface area contributed by atoms with E-state index in [-0.39, 0.29) is 5.78 Å². The molecule has 0 saturated heterocycles. The maximum atomic E-state index is 12.1. The molecule has 0 aliphatic carbocycles. The highest BCUT2D eigenvalue weighted by Gasteiger charge is 2.11. The normalized spacial score (nSPS) is 10.5. The molecule has 4 heteroatoms. The highest BCUT2D eigenvalue weighted by molar-refractivity contribution is 8.00. The van der Waals surface area contributed by atoms with Gasteiger partial charge in [0.2, 0.25) is 0 Å². The van der Waals surface area contributed by atoms with Crippen LogP contribution in [-0.4, -0.2) is 11.5 Å². The zero-order chi connectivity index (χ0) is 13.8. The predicted octanol–water partition coefficient (Wildman–Crippen LogP) is 5.28. The van der Waals surface area contributed by atoms with E-state index in [2.05, 4.69) is 6.07 Å². The average Bonchev–Trinajstić information content (AvgIpc) is 2.39. The number of Topliss-reactive ketones (excluding diaryl/α,β-unsaturated/α-hetero) is 1. The zero-order valence-corrected chi connectivity index (χ0v) is 12.6. The Balaban J connectivity index is 2.07. The molecule has 19 heavy (non-hydrogen) atoms. The second kappa shape index (κ2) is 6.47. The average molecular weight is 311 g/mol. The van der Waals surface area contributed by atoms with Crippen LogP contribution in [0.3, 0.4) is 0 Å². The van der Waals surface area contributed by atoms with Gasteiger partial charge in [0.25, 0.3) is 0 Å². The molecular weight excluding hydrogens is 299 g/mol. The van der Waals surface area contributed by atoms with Crippen LogP contribution in [0.1, 0.15) is 15.9 Å². The van der Waals surface area contributed by atoms with E-state index in [1.165, 1.54) is 17.3 Å². The molecule has 0 spiro atoms. The zero-order valence-electron chi connectivity index (χ0n) is 10.3. The van der Waals surface area contributed by atoms with E-state index < -0.39 is 0 Å². The summed E-state index contributed by atoms with van der Waals surface area (Å²) in [6, 6.07) is 13.0. The Bertz CT molecular complexity index is 611. The second-order valence-corrected chi connectivity index (χ2v) is 6.04. The van der Waals surface area contributed by atoms with Gasteiger partial charge in [-0.2, -0.15) is 0 Å². The van der Waals surface area contributed by atoms with Gasteiger partial charge >= 0.3 is 0 Å². The highest BCUT2D eigenvalue weighted by Crippen LogP contribution is 2.25. The smallest absolute Gasteiger partial charge is 0.174 e. The van der Waals surface area contributed by atoms with E-state index in [9.17, 15) is 4.79 Å². The minimum atomic E-state index is -0.0148. The van der Waals surface area contributed by atoms with Crippen molar-refractivity contribution in [3.63, 3.8) is 0 Å². The van der Waals surface area contributed by atoms with Gasteiger partial charge in [-0.15, -0.1) is 11.8 Å². The monoisotopic (exact) mass is 310 g/mol. The van der Waals surface area contributed by atoms with E-state index in [0.29, 0.717) is 21.4 Å². The number of halogens is 2. The summed E-state index contributed by atoms with van der Waals surface area (Å²) in [5.74, 6) is 0.336. The van der Waals surface area contributed by atoms with Gasteiger partial charge in [0.05, 0.1) is 10.8 Å². The van der Waals surface area contributed by atoms with Crippen molar-refractivity contribution in [2.75, 3.05) is 5.75 Å². The minimum absolute atomic E-state index is 0.0148. The topological polar surface area (TPSA) is 17.1 Å². The van der Waals surface area contributed by atoms with Gasteiger partial charge in [-0.25, -0.2) is 0 Å². The maximum absolute atomic E-state index is 12.1. The number of hydrogen-bond donors (Lipinski definition) is 0. The van der Waals surface area contributed by atoms with Crippen LogP contribution in [0, 0.1) is 6.92 Å². The van der Waals surface area contributed by atoms with E-state index in [4.69, 9.17) is 23.2 Å². The molecule has 0 amide bonds. The van der Waals surface area contributed by atoms with Crippen LogP contribution >= 0.6 is 35.0 Å². The van der Waals surface area contributed by atoms with Gasteiger partial charge in [-0.1, -0.05) is 40.9 Å². The summed E-state index contributed by atoms with van der Waals surface area (Å²) in [4.78, 5) is 13.2. The first-order valence-corrected chi connectivity index (χ1v) is 7.48. The molecule has 1 nitrogen and oxygen atoms in total. The van der Waals surface area contributed by atoms with Gasteiger partial charge in [-0.3, -0.25) is 4.79 Å². The first-order chi connectivity index (χ1) is 9.06. The fourth-order valence-electron chi connectivity index (χ4n) is 1.64. The van der Waals surface area contributed by atoms with Crippen molar-refractivity contribution in [1.82, 2.24) is 0 Å². The molecule has 0 heterocycles.